The summed E-state index contributed by atoms with van der Waals surface area (Å²) in [5, 5.41) is 8.62. The first-order valence-corrected chi connectivity index (χ1v) is 5.08. The first kappa shape index (κ1) is 9.46. The van der Waals surface area contributed by atoms with Gasteiger partial charge in [-0.1, -0.05) is 37.6 Å². The van der Waals surface area contributed by atoms with Crippen molar-refractivity contribution < 1.29 is 0 Å². The number of aromatic nitrogens is 3. The molecule has 1 atom stereocenters. The highest BCUT2D eigenvalue weighted by Gasteiger charge is 2.14. The first-order chi connectivity index (χ1) is 6.68. The van der Waals surface area contributed by atoms with Crippen LogP contribution in [0.15, 0.2) is 24.3 Å². The van der Waals surface area contributed by atoms with Crippen LogP contribution >= 0.6 is 11.6 Å². The van der Waals surface area contributed by atoms with Gasteiger partial charge in [-0.2, -0.15) is 15.0 Å². The Morgan fingerprint density at radius 1 is 1.14 bits per heavy atom. The monoisotopic (exact) mass is 209 g/mol. The van der Waals surface area contributed by atoms with E-state index in [9.17, 15) is 0 Å². The predicted octanol–water partition coefficient (Wildman–Crippen LogP) is 2.82. The van der Waals surface area contributed by atoms with Crippen molar-refractivity contribution in [1.29, 1.82) is 0 Å². The molecular weight excluding hydrogens is 198 g/mol. The van der Waals surface area contributed by atoms with Crippen LogP contribution < -0.4 is 0 Å². The highest BCUT2D eigenvalue weighted by molar-refractivity contribution is 6.19. The second-order valence-corrected chi connectivity index (χ2v) is 4.07. The van der Waals surface area contributed by atoms with Gasteiger partial charge in [0.2, 0.25) is 0 Å². The normalized spacial score (nSPS) is 13.7. The Kier molecular flexibility index (Phi) is 2.42. The fraction of sp³-hybridized carbons (Fsp3) is 0.400. The number of halogens is 1. The molecule has 0 aliphatic rings. The maximum atomic E-state index is 6.15. The van der Waals surface area contributed by atoms with Crippen LogP contribution in [0.25, 0.3) is 11.0 Å². The lowest BCUT2D eigenvalue weighted by molar-refractivity contribution is 0.419. The zero-order valence-corrected chi connectivity index (χ0v) is 8.94. The molecule has 0 amide bonds. The molecule has 0 N–H and O–H groups in total. The minimum Gasteiger partial charge on any atom is -0.165 e. The van der Waals surface area contributed by atoms with Crippen LogP contribution in [0.1, 0.15) is 19.3 Å². The van der Waals surface area contributed by atoms with Crippen LogP contribution in [0, 0.1) is 5.92 Å². The van der Waals surface area contributed by atoms with E-state index in [0.29, 0.717) is 5.92 Å². The molecule has 3 nitrogen and oxygen atoms in total. The molecule has 1 heterocycles. The molecule has 0 fully saturated rings. The molecule has 4 heteroatoms. The third kappa shape index (κ3) is 1.60. The number of hydrogen-bond acceptors (Lipinski definition) is 2. The lowest BCUT2D eigenvalue weighted by Crippen LogP contribution is -2.11. The van der Waals surface area contributed by atoms with Crippen molar-refractivity contribution in [3.8, 4) is 0 Å². The van der Waals surface area contributed by atoms with Crippen molar-refractivity contribution in [2.45, 2.75) is 19.3 Å². The van der Waals surface area contributed by atoms with Crippen molar-refractivity contribution >= 4 is 22.6 Å². The number of fused-ring (bicyclic) bond motifs is 1. The van der Waals surface area contributed by atoms with E-state index in [4.69, 9.17) is 11.6 Å². The van der Waals surface area contributed by atoms with E-state index >= 15 is 0 Å². The van der Waals surface area contributed by atoms with Gasteiger partial charge in [0.15, 0.2) is 0 Å². The molecule has 1 unspecified atom stereocenters. The molecule has 1 aromatic carbocycles. The van der Waals surface area contributed by atoms with E-state index in [0.717, 1.165) is 11.0 Å². The summed E-state index contributed by atoms with van der Waals surface area (Å²) in [5.74, 6) is 0.318. The number of rotatable bonds is 2. The molecule has 0 bridgehead atoms. The Bertz CT molecular complexity index is 403. The average molecular weight is 210 g/mol. The van der Waals surface area contributed by atoms with Crippen molar-refractivity contribution in [2.75, 3.05) is 0 Å². The van der Waals surface area contributed by atoms with Gasteiger partial charge in [0.1, 0.15) is 16.5 Å². The van der Waals surface area contributed by atoms with Gasteiger partial charge < -0.3 is 0 Å². The van der Waals surface area contributed by atoms with E-state index in [1.165, 1.54) is 0 Å². The molecule has 0 spiro atoms. The molecule has 0 radical (unpaired) electrons. The summed E-state index contributed by atoms with van der Waals surface area (Å²) < 4.78 is 0. The zero-order valence-electron chi connectivity index (χ0n) is 8.18. The van der Waals surface area contributed by atoms with E-state index in [-0.39, 0.29) is 5.50 Å². The van der Waals surface area contributed by atoms with E-state index in [1.54, 1.807) is 4.80 Å². The quantitative estimate of drug-likeness (QED) is 0.713. The van der Waals surface area contributed by atoms with E-state index in [1.807, 2.05) is 38.1 Å². The SMILES string of the molecule is CC(C)C(Cl)n1nc2ccccc2n1. The van der Waals surface area contributed by atoms with Crippen LogP contribution in [0.5, 0.6) is 0 Å². The summed E-state index contributed by atoms with van der Waals surface area (Å²) in [6.07, 6.45) is 0. The summed E-state index contributed by atoms with van der Waals surface area (Å²) in [6.45, 7) is 4.09. The Morgan fingerprint density at radius 2 is 1.64 bits per heavy atom. The minimum absolute atomic E-state index is 0.178. The van der Waals surface area contributed by atoms with Gasteiger partial charge in [0.25, 0.3) is 0 Å². The summed E-state index contributed by atoms with van der Waals surface area (Å²) in [6, 6.07) is 7.76. The van der Waals surface area contributed by atoms with Crippen molar-refractivity contribution in [3.05, 3.63) is 24.3 Å². The molecular formula is C10H12ClN3. The highest BCUT2D eigenvalue weighted by atomic mass is 35.5. The minimum atomic E-state index is -0.178. The largest absolute Gasteiger partial charge is 0.165 e. The molecule has 14 heavy (non-hydrogen) atoms. The van der Waals surface area contributed by atoms with Crippen LogP contribution in [0.2, 0.25) is 0 Å². The van der Waals surface area contributed by atoms with Gasteiger partial charge in [-0.05, 0) is 18.1 Å². The molecule has 2 rings (SSSR count). The third-order valence-corrected chi connectivity index (χ3v) is 2.75. The van der Waals surface area contributed by atoms with Gasteiger partial charge in [-0.25, -0.2) is 0 Å². The molecule has 0 aliphatic heterocycles. The fourth-order valence-electron chi connectivity index (χ4n) is 1.25. The molecule has 0 aliphatic carbocycles. The maximum absolute atomic E-state index is 6.15. The van der Waals surface area contributed by atoms with Gasteiger partial charge >= 0.3 is 0 Å². The maximum Gasteiger partial charge on any atom is 0.147 e. The van der Waals surface area contributed by atoms with Crippen molar-refractivity contribution in [3.63, 3.8) is 0 Å². The Morgan fingerprint density at radius 3 is 2.07 bits per heavy atom. The van der Waals surface area contributed by atoms with Gasteiger partial charge in [-0.15, -0.1) is 0 Å². The topological polar surface area (TPSA) is 30.7 Å². The standard InChI is InChI=1S/C10H12ClN3/c1-7(2)10(11)14-12-8-5-3-4-6-9(8)13-14/h3-7,10H,1-2H3. The van der Waals surface area contributed by atoms with E-state index < -0.39 is 0 Å². The second kappa shape index (κ2) is 3.58. The van der Waals surface area contributed by atoms with Crippen molar-refractivity contribution in [1.82, 2.24) is 15.0 Å². The lowest BCUT2D eigenvalue weighted by Gasteiger charge is -2.10. The van der Waals surface area contributed by atoms with Gasteiger partial charge in [0.05, 0.1) is 0 Å². The molecule has 1 aromatic heterocycles. The van der Waals surface area contributed by atoms with Gasteiger partial charge in [-0.3, -0.25) is 0 Å². The number of alkyl halides is 1. The average Bonchev–Trinajstić information content (AvgIpc) is 2.59. The summed E-state index contributed by atoms with van der Waals surface area (Å²) in [4.78, 5) is 1.58. The molecule has 74 valence electrons. The number of nitrogens with zero attached hydrogens (tertiary/aromatic N) is 3. The lowest BCUT2D eigenvalue weighted by atomic mass is 10.2. The fourth-order valence-corrected chi connectivity index (χ4v) is 1.34. The summed E-state index contributed by atoms with van der Waals surface area (Å²) in [5.41, 5.74) is 1.60. The van der Waals surface area contributed by atoms with Crippen LogP contribution in [-0.2, 0) is 0 Å². The van der Waals surface area contributed by atoms with Crippen LogP contribution in [0.3, 0.4) is 0 Å². The number of hydrogen-bond donors (Lipinski definition) is 0. The summed E-state index contributed by atoms with van der Waals surface area (Å²) >= 11 is 6.15. The molecule has 2 aromatic rings. The summed E-state index contributed by atoms with van der Waals surface area (Å²) in [7, 11) is 0. The molecule has 0 saturated carbocycles. The van der Waals surface area contributed by atoms with Crippen molar-refractivity contribution in [2.24, 2.45) is 5.92 Å². The zero-order chi connectivity index (χ0) is 10.1. The number of benzene rings is 1. The van der Waals surface area contributed by atoms with Crippen LogP contribution in [0.4, 0.5) is 0 Å². The highest BCUT2D eigenvalue weighted by Crippen LogP contribution is 2.21. The predicted molar refractivity (Wildman–Crippen MR) is 57.3 cm³/mol. The Labute approximate surface area is 87.7 Å². The van der Waals surface area contributed by atoms with Gasteiger partial charge in [0, 0.05) is 0 Å². The third-order valence-electron chi connectivity index (χ3n) is 2.07. The molecule has 0 saturated heterocycles. The second-order valence-electron chi connectivity index (χ2n) is 3.63. The smallest absolute Gasteiger partial charge is 0.147 e. The van der Waals surface area contributed by atoms with E-state index in [2.05, 4.69) is 10.2 Å². The first-order valence-electron chi connectivity index (χ1n) is 4.64. The van der Waals surface area contributed by atoms with Crippen LogP contribution in [-0.4, -0.2) is 15.0 Å². The Hall–Kier alpha value is -1.09. The Balaban J connectivity index is 2.45.